The summed E-state index contributed by atoms with van der Waals surface area (Å²) in [6.07, 6.45) is 14.2. The molecule has 11 aromatic heterocycles. The van der Waals surface area contributed by atoms with Crippen molar-refractivity contribution < 1.29 is 44.9 Å². The normalized spacial score (nSPS) is 11.5. The van der Waals surface area contributed by atoms with E-state index in [2.05, 4.69) is 306 Å². The molecule has 131 heavy (non-hydrogen) atoms. The van der Waals surface area contributed by atoms with E-state index in [1.54, 1.807) is 6.20 Å². The lowest BCUT2D eigenvalue weighted by Gasteiger charge is -2.19. The van der Waals surface area contributed by atoms with Gasteiger partial charge in [0.15, 0.2) is 36.6 Å². The molecule has 20 aromatic rings. The fourth-order valence-electron chi connectivity index (χ4n) is 18.0. The molecule has 0 atom stereocenters. The van der Waals surface area contributed by atoms with Gasteiger partial charge in [0, 0.05) is 121 Å². The van der Waals surface area contributed by atoms with Gasteiger partial charge in [-0.2, -0.15) is 5.26 Å². The van der Waals surface area contributed by atoms with Crippen LogP contribution in [0.3, 0.4) is 0 Å². The van der Waals surface area contributed by atoms with E-state index in [0.29, 0.717) is 73.8 Å². The summed E-state index contributed by atoms with van der Waals surface area (Å²) >= 11 is 0. The van der Waals surface area contributed by atoms with Crippen molar-refractivity contribution >= 4 is 133 Å². The first kappa shape index (κ1) is 88.8. The van der Waals surface area contributed by atoms with E-state index in [1.807, 2.05) is 123 Å². The molecule has 11 heterocycles. The van der Waals surface area contributed by atoms with E-state index in [9.17, 15) is 5.26 Å². The quantitative estimate of drug-likeness (QED) is 0.104. The molecule has 0 saturated heterocycles. The van der Waals surface area contributed by atoms with Crippen LogP contribution in [-0.4, -0.2) is 4.98 Å². The van der Waals surface area contributed by atoms with Crippen LogP contribution < -0.4 is 22.8 Å². The Kier molecular flexibility index (Phi) is 24.3. The molecule has 0 spiro atoms. The van der Waals surface area contributed by atoms with Gasteiger partial charge in [-0.05, 0) is 144 Å². The summed E-state index contributed by atoms with van der Waals surface area (Å²) in [6, 6.07) is 71.9. The monoisotopic (exact) mass is 1720 g/mol. The van der Waals surface area contributed by atoms with Crippen molar-refractivity contribution in [3.8, 4) is 62.4 Å². The van der Waals surface area contributed by atoms with Crippen molar-refractivity contribution in [3.63, 3.8) is 0 Å². The average molecular weight is 1720 g/mol. The highest BCUT2D eigenvalue weighted by molar-refractivity contribution is 6.17. The number of nitrogens with zero attached hydrogens (tertiary/aromatic N) is 11. The molecule has 16 heteroatoms. The summed E-state index contributed by atoms with van der Waals surface area (Å²) in [5.41, 5.74) is 32.3. The zero-order valence-corrected chi connectivity index (χ0v) is 78.1. The van der Waals surface area contributed by atoms with Crippen molar-refractivity contribution in [2.75, 3.05) is 0 Å². The predicted molar refractivity (Wildman–Crippen MR) is 527 cm³/mol. The fraction of sp³-hybridized carbons (Fsp3) is 0.226. The average Bonchev–Trinajstić information content (AvgIpc) is 1.62. The minimum absolute atomic E-state index is 0.0654. The summed E-state index contributed by atoms with van der Waals surface area (Å²) in [5, 5.41) is 19.6. The number of benzene rings is 9. The second-order valence-corrected chi connectivity index (χ2v) is 37.3. The van der Waals surface area contributed by atoms with Gasteiger partial charge in [-0.15, -0.1) is 0 Å². The first-order valence-electron chi connectivity index (χ1n) is 44.2. The molecule has 0 aliphatic rings. The van der Waals surface area contributed by atoms with Crippen LogP contribution in [-0.2, 0) is 53.5 Å². The highest BCUT2D eigenvalue weighted by atomic mass is 16.4. The highest BCUT2D eigenvalue weighted by Crippen LogP contribution is 2.47. The van der Waals surface area contributed by atoms with E-state index < -0.39 is 0 Å². The number of furan rings is 5. The Balaban J connectivity index is 0.000000120. The molecule has 0 bridgehead atoms. The number of hydrogen-bond acceptors (Lipinski definition) is 7. The molecular weight excluding hydrogens is 1620 g/mol. The number of hydrogen-bond donors (Lipinski definition) is 0. The van der Waals surface area contributed by atoms with Crippen molar-refractivity contribution in [2.45, 2.75) is 128 Å². The molecule has 0 saturated carbocycles. The number of fused-ring (bicyclic) bond motifs is 15. The molecule has 646 valence electrons. The molecule has 9 aromatic carbocycles. The van der Waals surface area contributed by atoms with Gasteiger partial charge in [-0.25, -0.2) is 47.2 Å². The van der Waals surface area contributed by atoms with Gasteiger partial charge in [0.1, 0.15) is 86.0 Å². The Morgan fingerprint density at radius 3 is 1.14 bits per heavy atom. The molecule has 0 aliphatic heterocycles. The number of pyridine rings is 6. The largest absolute Gasteiger partial charge is 0.466 e. The highest BCUT2D eigenvalue weighted by Gasteiger charge is 2.31. The lowest BCUT2D eigenvalue weighted by atomic mass is 9.86. The van der Waals surface area contributed by atoms with E-state index in [-0.39, 0.29) is 10.8 Å². The number of nitriles is 1. The lowest BCUT2D eigenvalue weighted by Crippen LogP contribution is -2.32. The Morgan fingerprint density at radius 1 is 0.359 bits per heavy atom. The third kappa shape index (κ3) is 17.0. The van der Waals surface area contributed by atoms with Gasteiger partial charge in [0.25, 0.3) is 0 Å². The summed E-state index contributed by atoms with van der Waals surface area (Å²) in [7, 11) is 10.3. The van der Waals surface area contributed by atoms with Gasteiger partial charge in [0.2, 0.25) is 56.9 Å². The molecule has 0 aliphatic carbocycles. The van der Waals surface area contributed by atoms with Gasteiger partial charge >= 0.3 is 0 Å². The predicted octanol–water partition coefficient (Wildman–Crippen LogP) is 28.6. The molecular formula is C115H106N11O5+5. The zero-order valence-electron chi connectivity index (χ0n) is 78.1. The second kappa shape index (κ2) is 35.9. The number of para-hydroxylation sites is 4. The van der Waals surface area contributed by atoms with Crippen LogP contribution in [0.5, 0.6) is 0 Å². The van der Waals surface area contributed by atoms with Crippen LogP contribution in [0.25, 0.3) is 185 Å². The van der Waals surface area contributed by atoms with Gasteiger partial charge in [-0.1, -0.05) is 191 Å². The minimum Gasteiger partial charge on any atom is -0.466 e. The molecule has 0 fully saturated rings. The van der Waals surface area contributed by atoms with E-state index in [4.69, 9.17) is 48.4 Å². The standard InChI is InChI=1S/C25H25N2O.2C24H23N2O.C23H21N2O.C19H14N3O/c1-16-10-11-19-18-8-7-9-20(26-5)23(18)28-24(19)22(16)21-14-17(12-13-27(21)6)15-25(2,3)4;1-15-10-11-18-17-8-7-9-19(25-5)22(17)27-23(18)21(15)20-14-16(24(2,3)4)12-13-26(20)6;1-15(2)13-17-11-12-26(5)21(14-17)22-16(3)9-10-19-18-7-6-8-20(25-4)23(18)27-24(19)22;1-14(2)16-11-12-25(5)20(13-16)21-15(3)9-10-18-17-7-6-8-19(24-4)22(17)26-23(18)21;1-12-10-13(11-20)18-17(14-6-5-8-21-19(14)23-18)16(12)15-7-3-4-9-22(15)2/h7-14H,15H2,1-4,6H3;7-14H,1-4,6H3;6-12,14-15H,13H2,1-3,5H3;6-14H,1-3,5H3;3-10H,1-2H3/q5*+1. The summed E-state index contributed by atoms with van der Waals surface area (Å²) in [5.74, 6) is 1.06. The van der Waals surface area contributed by atoms with E-state index in [1.165, 1.54) is 33.4 Å². The van der Waals surface area contributed by atoms with Crippen molar-refractivity contribution in [1.82, 2.24) is 4.98 Å². The Labute approximate surface area is 764 Å². The number of aromatic nitrogens is 6. The fourth-order valence-corrected chi connectivity index (χ4v) is 18.0. The topological polar surface area (TPSA) is 139 Å². The molecule has 0 N–H and O–H groups in total. The third-order valence-corrected chi connectivity index (χ3v) is 24.7. The number of rotatable bonds is 9. The Hall–Kier alpha value is -15.7. The molecule has 0 amide bonds. The first-order valence-corrected chi connectivity index (χ1v) is 44.2. The maximum absolute atomic E-state index is 9.47. The Morgan fingerprint density at radius 2 is 0.740 bits per heavy atom. The third-order valence-electron chi connectivity index (χ3n) is 24.7. The van der Waals surface area contributed by atoms with Crippen LogP contribution in [0.1, 0.15) is 131 Å². The second-order valence-electron chi connectivity index (χ2n) is 37.3. The van der Waals surface area contributed by atoms with Crippen LogP contribution in [0.4, 0.5) is 22.7 Å². The first-order chi connectivity index (χ1) is 62.8. The van der Waals surface area contributed by atoms with E-state index >= 15 is 0 Å². The molecule has 16 nitrogen and oxygen atoms in total. The van der Waals surface area contributed by atoms with Crippen LogP contribution in [0, 0.1) is 83.6 Å². The maximum Gasteiger partial charge on any atom is 0.229 e. The van der Waals surface area contributed by atoms with Crippen LogP contribution >= 0.6 is 0 Å². The smallest absolute Gasteiger partial charge is 0.229 e. The SMILES string of the molecule is Cc1cc(C#N)c2oc3ncccc3c2c1-c1cccc[n+]1C.[C-]#[N+]c1cccc2c1oc1c(-c3cc(C(C)(C)C)cc[n+]3C)c(C)ccc12.[C-]#[N+]c1cccc2c1oc1c(-c3cc(C(C)C)cc[n+]3C)c(C)ccc12.[C-]#[N+]c1cccc2c1oc1c(-c3cc(CC(C)(C)C)cc[n+]3C)c(C)ccc12.[C-]#[N+]c1cccc2c1oc1c(-c3cc(CC(C)C)cc[n+]3C)c(C)ccc12. The molecule has 0 unspecified atom stereocenters. The minimum atomic E-state index is 0.0654. The molecule has 20 rings (SSSR count). The molecule has 0 radical (unpaired) electrons. The lowest BCUT2D eigenvalue weighted by molar-refractivity contribution is -0.660. The summed E-state index contributed by atoms with van der Waals surface area (Å²) < 4.78 is 41.7. The zero-order chi connectivity index (χ0) is 92.9. The number of aryl methyl sites for hydroxylation is 10. The summed E-state index contributed by atoms with van der Waals surface area (Å²) in [4.78, 5) is 18.8. The van der Waals surface area contributed by atoms with Crippen molar-refractivity contribution in [3.05, 3.63) is 345 Å². The Bertz CT molecular complexity index is 8220. The van der Waals surface area contributed by atoms with E-state index in [0.717, 1.165) is 162 Å². The van der Waals surface area contributed by atoms with Gasteiger partial charge < -0.3 is 22.1 Å². The van der Waals surface area contributed by atoms with Crippen molar-refractivity contribution in [1.29, 1.82) is 5.26 Å². The van der Waals surface area contributed by atoms with Gasteiger partial charge in [0.05, 0.1) is 59.7 Å². The van der Waals surface area contributed by atoms with Crippen molar-refractivity contribution in [2.24, 2.45) is 46.6 Å². The van der Waals surface area contributed by atoms with Gasteiger partial charge in [-0.3, -0.25) is 0 Å². The van der Waals surface area contributed by atoms with Crippen LogP contribution in [0.15, 0.2) is 266 Å². The summed E-state index contributed by atoms with van der Waals surface area (Å²) in [6.45, 7) is 62.6. The maximum atomic E-state index is 9.47. The van der Waals surface area contributed by atoms with Crippen LogP contribution in [0.2, 0.25) is 0 Å².